The minimum Gasteiger partial charge on any atom is -0.0996 e. The molecule has 1 aliphatic carbocycles. The van der Waals surface area contributed by atoms with Crippen molar-refractivity contribution in [3.05, 3.63) is 12.2 Å². The summed E-state index contributed by atoms with van der Waals surface area (Å²) < 4.78 is 0. The summed E-state index contributed by atoms with van der Waals surface area (Å²) in [5, 5.41) is 0. The van der Waals surface area contributed by atoms with Gasteiger partial charge in [0.1, 0.15) is 0 Å². The second-order valence-corrected chi connectivity index (χ2v) is 4.40. The Hall–Kier alpha value is -0.260. The van der Waals surface area contributed by atoms with Gasteiger partial charge in [-0.3, -0.25) is 0 Å². The third-order valence-electron chi connectivity index (χ3n) is 2.91. The normalized spacial score (nSPS) is 32.9. The summed E-state index contributed by atoms with van der Waals surface area (Å²) in [7, 11) is 0. The van der Waals surface area contributed by atoms with E-state index in [9.17, 15) is 0 Å². The second-order valence-electron chi connectivity index (χ2n) is 4.40. The number of rotatable bonds is 1. The van der Waals surface area contributed by atoms with Gasteiger partial charge in [0.25, 0.3) is 0 Å². The Morgan fingerprint density at radius 1 is 1.36 bits per heavy atom. The lowest BCUT2D eigenvalue weighted by atomic mass is 9.75. The topological polar surface area (TPSA) is 0 Å². The quantitative estimate of drug-likeness (QED) is 0.503. The van der Waals surface area contributed by atoms with Gasteiger partial charge in [0.15, 0.2) is 0 Å². The summed E-state index contributed by atoms with van der Waals surface area (Å²) in [4.78, 5) is 0. The first-order chi connectivity index (χ1) is 5.11. The maximum absolute atomic E-state index is 4.17. The first-order valence-electron chi connectivity index (χ1n) is 4.79. The van der Waals surface area contributed by atoms with Crippen LogP contribution in [0.15, 0.2) is 12.2 Å². The predicted octanol–water partition coefficient (Wildman–Crippen LogP) is 3.63. The van der Waals surface area contributed by atoms with Crippen molar-refractivity contribution < 1.29 is 0 Å². The van der Waals surface area contributed by atoms with Crippen molar-refractivity contribution >= 4 is 0 Å². The van der Waals surface area contributed by atoms with Gasteiger partial charge in [-0.15, -0.1) is 0 Å². The van der Waals surface area contributed by atoms with Crippen LogP contribution in [-0.2, 0) is 0 Å². The Kier molecular flexibility index (Phi) is 2.75. The van der Waals surface area contributed by atoms with E-state index in [2.05, 4.69) is 27.4 Å². The van der Waals surface area contributed by atoms with Gasteiger partial charge < -0.3 is 0 Å². The summed E-state index contributed by atoms with van der Waals surface area (Å²) in [5.41, 5.74) is 1.50. The molecular weight excluding hydrogens is 132 g/mol. The molecule has 0 unspecified atom stereocenters. The molecule has 2 atom stereocenters. The number of hydrogen-bond donors (Lipinski definition) is 0. The van der Waals surface area contributed by atoms with E-state index in [1.807, 2.05) is 0 Å². The molecule has 0 heteroatoms. The van der Waals surface area contributed by atoms with Crippen LogP contribution in [-0.4, -0.2) is 0 Å². The summed E-state index contributed by atoms with van der Waals surface area (Å²) in [5.74, 6) is 2.50. The van der Waals surface area contributed by atoms with Crippen LogP contribution in [0.1, 0.15) is 40.0 Å². The summed E-state index contributed by atoms with van der Waals surface area (Å²) in [6.07, 6.45) is 4.04. The van der Waals surface area contributed by atoms with Crippen LogP contribution in [0.5, 0.6) is 0 Å². The Balaban J connectivity index is 2.51. The Morgan fingerprint density at radius 3 is 2.45 bits per heavy atom. The summed E-state index contributed by atoms with van der Waals surface area (Å²) >= 11 is 0. The highest BCUT2D eigenvalue weighted by atomic mass is 14.3. The van der Waals surface area contributed by atoms with Gasteiger partial charge in [0, 0.05) is 0 Å². The minimum atomic E-state index is 0.801. The number of hydrogen-bond acceptors (Lipinski definition) is 0. The van der Waals surface area contributed by atoms with E-state index in [0.29, 0.717) is 0 Å². The maximum atomic E-state index is 4.17. The predicted molar refractivity (Wildman–Crippen MR) is 50.5 cm³/mol. The van der Waals surface area contributed by atoms with Gasteiger partial charge >= 0.3 is 0 Å². The molecule has 1 saturated carbocycles. The van der Waals surface area contributed by atoms with Crippen LogP contribution in [0.4, 0.5) is 0 Å². The van der Waals surface area contributed by atoms with Crippen LogP contribution >= 0.6 is 0 Å². The fraction of sp³-hybridized carbons (Fsp3) is 0.818. The van der Waals surface area contributed by atoms with Crippen molar-refractivity contribution in [3.8, 4) is 0 Å². The van der Waals surface area contributed by atoms with Crippen molar-refractivity contribution in [2.75, 3.05) is 0 Å². The second kappa shape index (κ2) is 3.42. The van der Waals surface area contributed by atoms with E-state index in [4.69, 9.17) is 0 Å². The van der Waals surface area contributed by atoms with E-state index in [1.165, 1.54) is 24.8 Å². The monoisotopic (exact) mass is 152 g/mol. The molecule has 0 aromatic rings. The summed E-state index contributed by atoms with van der Waals surface area (Å²) in [6, 6.07) is 0. The molecule has 1 fully saturated rings. The lowest BCUT2D eigenvalue weighted by molar-refractivity contribution is 0.309. The molecule has 0 aromatic carbocycles. The van der Waals surface area contributed by atoms with Gasteiger partial charge in [0.2, 0.25) is 0 Å². The van der Waals surface area contributed by atoms with Crippen molar-refractivity contribution in [1.29, 1.82) is 0 Å². The van der Waals surface area contributed by atoms with E-state index >= 15 is 0 Å². The molecule has 1 aliphatic rings. The van der Waals surface area contributed by atoms with E-state index in [0.717, 1.165) is 17.8 Å². The zero-order valence-corrected chi connectivity index (χ0v) is 8.06. The van der Waals surface area contributed by atoms with Crippen molar-refractivity contribution in [1.82, 2.24) is 0 Å². The third kappa shape index (κ3) is 2.08. The lowest BCUT2D eigenvalue weighted by Crippen LogP contribution is -2.19. The largest absolute Gasteiger partial charge is 0.0996 e. The molecule has 0 nitrogen and oxygen atoms in total. The van der Waals surface area contributed by atoms with Gasteiger partial charge in [-0.1, -0.05) is 32.9 Å². The van der Waals surface area contributed by atoms with Crippen molar-refractivity contribution in [3.63, 3.8) is 0 Å². The van der Waals surface area contributed by atoms with E-state index < -0.39 is 0 Å². The molecule has 0 saturated heterocycles. The van der Waals surface area contributed by atoms with Gasteiger partial charge in [-0.25, -0.2) is 0 Å². The van der Waals surface area contributed by atoms with E-state index in [-0.39, 0.29) is 0 Å². The van der Waals surface area contributed by atoms with Crippen LogP contribution in [0.3, 0.4) is 0 Å². The van der Waals surface area contributed by atoms with Gasteiger partial charge in [-0.05, 0) is 37.0 Å². The summed E-state index contributed by atoms with van der Waals surface area (Å²) in [6.45, 7) is 11.1. The molecule has 11 heavy (non-hydrogen) atoms. The molecule has 64 valence electrons. The molecule has 1 rings (SSSR count). The van der Waals surface area contributed by atoms with Crippen LogP contribution in [0.2, 0.25) is 0 Å². The smallest absolute Gasteiger partial charge is 0.0183 e. The standard InChI is InChI=1S/C11H20/c1-8(2)11-6-5-9(3)7-10(11)4/h8-9,11H,4-7H2,1-3H3/t9-,11-/m1/s1. The molecule has 0 N–H and O–H groups in total. The average molecular weight is 152 g/mol. The molecule has 0 spiro atoms. The van der Waals surface area contributed by atoms with Gasteiger partial charge in [0.05, 0.1) is 0 Å². The maximum Gasteiger partial charge on any atom is -0.0183 e. The first-order valence-corrected chi connectivity index (χ1v) is 4.79. The van der Waals surface area contributed by atoms with Crippen molar-refractivity contribution in [2.24, 2.45) is 17.8 Å². The molecule has 0 amide bonds. The molecule has 0 bridgehead atoms. The SMILES string of the molecule is C=C1C[C@H](C)CC[C@@H]1C(C)C. The third-order valence-corrected chi connectivity index (χ3v) is 2.91. The van der Waals surface area contributed by atoms with Gasteiger partial charge in [-0.2, -0.15) is 0 Å². The zero-order valence-electron chi connectivity index (χ0n) is 8.06. The molecule has 0 aromatic heterocycles. The first kappa shape index (κ1) is 8.83. The van der Waals surface area contributed by atoms with Crippen LogP contribution < -0.4 is 0 Å². The average Bonchev–Trinajstić information content (AvgIpc) is 1.85. The van der Waals surface area contributed by atoms with Crippen LogP contribution in [0, 0.1) is 17.8 Å². The lowest BCUT2D eigenvalue weighted by Gasteiger charge is -2.31. The molecule has 0 aliphatic heterocycles. The number of allylic oxidation sites excluding steroid dienone is 1. The van der Waals surface area contributed by atoms with Crippen molar-refractivity contribution in [2.45, 2.75) is 40.0 Å². The minimum absolute atomic E-state index is 0.801. The zero-order chi connectivity index (χ0) is 8.43. The van der Waals surface area contributed by atoms with Crippen LogP contribution in [0.25, 0.3) is 0 Å². The molecule has 0 heterocycles. The fourth-order valence-electron chi connectivity index (χ4n) is 2.17. The highest BCUT2D eigenvalue weighted by Crippen LogP contribution is 2.36. The molecule has 0 radical (unpaired) electrons. The van der Waals surface area contributed by atoms with E-state index in [1.54, 1.807) is 0 Å². The fourth-order valence-corrected chi connectivity index (χ4v) is 2.17. The highest BCUT2D eigenvalue weighted by molar-refractivity contribution is 5.05. The Morgan fingerprint density at radius 2 is 2.00 bits per heavy atom. The Bertz CT molecular complexity index is 144. The highest BCUT2D eigenvalue weighted by Gasteiger charge is 2.23. The Labute approximate surface area is 70.7 Å². The molecular formula is C11H20.